The third-order valence-electron chi connectivity index (χ3n) is 9.62. The maximum Gasteiger partial charge on any atom is 0.00691 e. The van der Waals surface area contributed by atoms with Crippen LogP contribution in [0.3, 0.4) is 0 Å². The van der Waals surface area contributed by atoms with Gasteiger partial charge in [0.15, 0.2) is 0 Å². The lowest BCUT2D eigenvalue weighted by Crippen LogP contribution is -2.11. The van der Waals surface area contributed by atoms with E-state index in [2.05, 4.69) is 83.1 Å². The van der Waals surface area contributed by atoms with E-state index in [9.17, 15) is 0 Å². The summed E-state index contributed by atoms with van der Waals surface area (Å²) < 4.78 is 0. The van der Waals surface area contributed by atoms with Crippen molar-refractivity contribution in [3.05, 3.63) is 77.9 Å². The number of fused-ring (bicyclic) bond motifs is 2. The zero-order valence-corrected chi connectivity index (χ0v) is 21.9. The Bertz CT molecular complexity index is 1110. The summed E-state index contributed by atoms with van der Waals surface area (Å²) in [5.41, 5.74) is 24.5. The molecule has 0 radical (unpaired) electrons. The van der Waals surface area contributed by atoms with Crippen LogP contribution in [0.2, 0.25) is 0 Å². The van der Waals surface area contributed by atoms with E-state index < -0.39 is 0 Å². The van der Waals surface area contributed by atoms with Gasteiger partial charge in [-0.15, -0.1) is 0 Å². The van der Waals surface area contributed by atoms with E-state index in [1.807, 2.05) is 0 Å². The zero-order valence-electron chi connectivity index (χ0n) is 21.9. The van der Waals surface area contributed by atoms with Crippen molar-refractivity contribution in [2.75, 3.05) is 0 Å². The predicted octanol–water partition coefficient (Wildman–Crippen LogP) is 9.03. The third kappa shape index (κ3) is 2.80. The van der Waals surface area contributed by atoms with Crippen molar-refractivity contribution >= 4 is 11.1 Å². The van der Waals surface area contributed by atoms with Crippen LogP contribution in [0.5, 0.6) is 0 Å². The summed E-state index contributed by atoms with van der Waals surface area (Å²) in [5.74, 6) is 1.04. The van der Waals surface area contributed by atoms with Crippen LogP contribution in [0.25, 0.3) is 11.1 Å². The first-order valence-corrected chi connectivity index (χ1v) is 12.0. The minimum atomic E-state index is 0.521. The van der Waals surface area contributed by atoms with Gasteiger partial charge in [0.2, 0.25) is 0 Å². The van der Waals surface area contributed by atoms with Gasteiger partial charge in [0, 0.05) is 11.8 Å². The number of allylic oxidation sites excluding steroid dienone is 4. The summed E-state index contributed by atoms with van der Waals surface area (Å²) in [6, 6.07) is 0. The van der Waals surface area contributed by atoms with E-state index in [1.54, 1.807) is 33.4 Å². The van der Waals surface area contributed by atoms with Crippen molar-refractivity contribution in [1.29, 1.82) is 0 Å². The standard InChI is InChI=1S/C31H40/c1-14-16(3)22(9)30-26(18(5)24(11)28(30)20(14)7)13-27-19(6)25(12)29-21(8)15(2)17(4)23(10)31(27)29/h26-27H,13H2,1-12H3. The molecule has 164 valence electrons. The highest BCUT2D eigenvalue weighted by Crippen LogP contribution is 2.55. The SMILES string of the molecule is CC1=C(C)C(CC2C(C)=C(C)c3c(C)c(C)c(C)c(C)c32)c2c(C)c(C)c(C)c(C)c21. The number of benzene rings is 2. The number of hydrogen-bond donors (Lipinski definition) is 0. The van der Waals surface area contributed by atoms with E-state index in [0.29, 0.717) is 11.8 Å². The van der Waals surface area contributed by atoms with Crippen LogP contribution in [-0.2, 0) is 0 Å². The molecule has 2 aromatic carbocycles. The molecular formula is C31H40. The molecule has 31 heavy (non-hydrogen) atoms. The van der Waals surface area contributed by atoms with Crippen molar-refractivity contribution in [1.82, 2.24) is 0 Å². The average molecular weight is 413 g/mol. The Morgan fingerprint density at radius 3 is 1.00 bits per heavy atom. The summed E-state index contributed by atoms with van der Waals surface area (Å²) in [7, 11) is 0. The van der Waals surface area contributed by atoms with E-state index in [-0.39, 0.29) is 0 Å². The molecular weight excluding hydrogens is 372 g/mol. The van der Waals surface area contributed by atoms with Gasteiger partial charge in [-0.05, 0) is 167 Å². The lowest BCUT2D eigenvalue weighted by Gasteiger charge is -2.27. The molecule has 0 aliphatic heterocycles. The van der Waals surface area contributed by atoms with Crippen molar-refractivity contribution in [2.24, 2.45) is 0 Å². The van der Waals surface area contributed by atoms with Gasteiger partial charge in [-0.3, -0.25) is 0 Å². The van der Waals surface area contributed by atoms with Crippen LogP contribution in [0.15, 0.2) is 11.1 Å². The Morgan fingerprint density at radius 2 is 0.677 bits per heavy atom. The monoisotopic (exact) mass is 412 g/mol. The molecule has 2 unspecified atom stereocenters. The second-order valence-corrected chi connectivity index (χ2v) is 10.5. The Kier molecular flexibility index (Phi) is 5.16. The molecule has 0 heterocycles. The molecule has 0 aromatic heterocycles. The van der Waals surface area contributed by atoms with E-state index in [4.69, 9.17) is 0 Å². The predicted molar refractivity (Wildman–Crippen MR) is 137 cm³/mol. The highest BCUT2D eigenvalue weighted by molar-refractivity contribution is 5.83. The minimum absolute atomic E-state index is 0.521. The van der Waals surface area contributed by atoms with Gasteiger partial charge < -0.3 is 0 Å². The van der Waals surface area contributed by atoms with Crippen LogP contribution in [-0.4, -0.2) is 0 Å². The van der Waals surface area contributed by atoms with Crippen LogP contribution in [0.1, 0.15) is 113 Å². The van der Waals surface area contributed by atoms with Crippen LogP contribution in [0, 0.1) is 55.4 Å². The van der Waals surface area contributed by atoms with Crippen molar-refractivity contribution < 1.29 is 0 Å². The largest absolute Gasteiger partial charge is 0.0622 e. The van der Waals surface area contributed by atoms with Crippen molar-refractivity contribution in [2.45, 2.75) is 101 Å². The molecule has 0 saturated carbocycles. The van der Waals surface area contributed by atoms with Gasteiger partial charge in [-0.1, -0.05) is 11.1 Å². The average Bonchev–Trinajstić information content (AvgIpc) is 3.13. The summed E-state index contributed by atoms with van der Waals surface area (Å²) in [6.45, 7) is 28.1. The lowest BCUT2D eigenvalue weighted by atomic mass is 9.77. The highest BCUT2D eigenvalue weighted by atomic mass is 14.4. The second kappa shape index (κ2) is 7.22. The Labute approximate surface area is 190 Å². The maximum atomic E-state index is 2.39. The fourth-order valence-corrected chi connectivity index (χ4v) is 6.70. The summed E-state index contributed by atoms with van der Waals surface area (Å²) in [4.78, 5) is 0. The smallest absolute Gasteiger partial charge is 0.00691 e. The fraction of sp³-hybridized carbons (Fsp3) is 0.484. The van der Waals surface area contributed by atoms with Crippen molar-refractivity contribution in [3.63, 3.8) is 0 Å². The van der Waals surface area contributed by atoms with Gasteiger partial charge in [-0.25, -0.2) is 0 Å². The molecule has 0 bridgehead atoms. The first-order chi connectivity index (χ1) is 14.4. The molecule has 0 saturated heterocycles. The van der Waals surface area contributed by atoms with E-state index >= 15 is 0 Å². The molecule has 0 fully saturated rings. The van der Waals surface area contributed by atoms with Crippen LogP contribution in [0.4, 0.5) is 0 Å². The Hall–Kier alpha value is -2.08. The normalized spacial score (nSPS) is 20.1. The maximum absolute atomic E-state index is 2.39. The fourth-order valence-electron chi connectivity index (χ4n) is 6.70. The quantitative estimate of drug-likeness (QED) is 0.461. The first kappa shape index (κ1) is 22.1. The van der Waals surface area contributed by atoms with Gasteiger partial charge in [0.1, 0.15) is 0 Å². The first-order valence-electron chi connectivity index (χ1n) is 12.0. The molecule has 0 N–H and O–H groups in total. The Balaban J connectivity index is 1.91. The van der Waals surface area contributed by atoms with Gasteiger partial charge in [0.05, 0.1) is 0 Å². The molecule has 0 heteroatoms. The molecule has 2 aliphatic carbocycles. The summed E-state index contributed by atoms with van der Waals surface area (Å²) in [5, 5.41) is 0. The lowest BCUT2D eigenvalue weighted by molar-refractivity contribution is 0.635. The molecule has 2 aliphatic rings. The molecule has 0 nitrogen and oxygen atoms in total. The zero-order chi connectivity index (χ0) is 23.1. The topological polar surface area (TPSA) is 0 Å². The second-order valence-electron chi connectivity index (χ2n) is 10.5. The molecule has 2 aromatic rings. The van der Waals surface area contributed by atoms with Crippen molar-refractivity contribution in [3.8, 4) is 0 Å². The summed E-state index contributed by atoms with van der Waals surface area (Å²) >= 11 is 0. The Morgan fingerprint density at radius 1 is 0.387 bits per heavy atom. The van der Waals surface area contributed by atoms with E-state index in [1.165, 1.54) is 62.1 Å². The van der Waals surface area contributed by atoms with E-state index in [0.717, 1.165) is 0 Å². The van der Waals surface area contributed by atoms with Crippen LogP contribution >= 0.6 is 0 Å². The third-order valence-corrected chi connectivity index (χ3v) is 9.62. The number of hydrogen-bond acceptors (Lipinski definition) is 0. The molecule has 0 spiro atoms. The van der Waals surface area contributed by atoms with Gasteiger partial charge >= 0.3 is 0 Å². The van der Waals surface area contributed by atoms with Gasteiger partial charge in [-0.2, -0.15) is 0 Å². The molecule has 2 atom stereocenters. The van der Waals surface area contributed by atoms with Gasteiger partial charge in [0.25, 0.3) is 0 Å². The summed E-state index contributed by atoms with van der Waals surface area (Å²) in [6.07, 6.45) is 1.19. The number of rotatable bonds is 2. The van der Waals surface area contributed by atoms with Crippen LogP contribution < -0.4 is 0 Å². The highest BCUT2D eigenvalue weighted by Gasteiger charge is 2.37. The minimum Gasteiger partial charge on any atom is -0.0622 e. The molecule has 4 rings (SSSR count). The molecule has 0 amide bonds.